The van der Waals surface area contributed by atoms with Crippen LogP contribution in [0.5, 0.6) is 11.5 Å². The summed E-state index contributed by atoms with van der Waals surface area (Å²) < 4.78 is 34.2. The number of sulfonamides is 1. The largest absolute Gasteiger partial charge is 0.507 e. The van der Waals surface area contributed by atoms with Crippen molar-refractivity contribution in [2.75, 3.05) is 11.4 Å². The zero-order chi connectivity index (χ0) is 27.1. The number of nitrogens with zero attached hydrogens (tertiary/aromatic N) is 2. The Labute approximate surface area is 221 Å². The molecule has 0 spiro atoms. The third-order valence-corrected chi connectivity index (χ3v) is 7.63. The summed E-state index contributed by atoms with van der Waals surface area (Å²) in [5.41, 5.74) is 4.40. The van der Waals surface area contributed by atoms with Gasteiger partial charge in [0, 0.05) is 5.56 Å². The molecule has 8 nitrogen and oxygen atoms in total. The topological polar surface area (TPSA) is 108 Å². The van der Waals surface area contributed by atoms with Gasteiger partial charge >= 0.3 is 0 Å². The number of nitrogens with one attached hydrogen (secondary N) is 1. The minimum Gasteiger partial charge on any atom is -0.507 e. The molecule has 0 aromatic heterocycles. The van der Waals surface area contributed by atoms with Crippen LogP contribution in [-0.4, -0.2) is 32.3 Å². The van der Waals surface area contributed by atoms with Gasteiger partial charge in [0.2, 0.25) is 0 Å². The molecule has 4 rings (SSSR count). The predicted octanol–water partition coefficient (Wildman–Crippen LogP) is 4.95. The Kier molecular flexibility index (Phi) is 8.08. The number of hydrazone groups is 1. The molecule has 0 aliphatic carbocycles. The number of phenols is 1. The molecule has 38 heavy (non-hydrogen) atoms. The monoisotopic (exact) mass is 529 g/mol. The summed E-state index contributed by atoms with van der Waals surface area (Å²) in [7, 11) is -2.58. The van der Waals surface area contributed by atoms with E-state index in [-0.39, 0.29) is 28.4 Å². The molecule has 0 fully saturated rings. The van der Waals surface area contributed by atoms with Crippen LogP contribution in [0.3, 0.4) is 0 Å². The Morgan fingerprint density at radius 2 is 1.47 bits per heavy atom. The highest BCUT2D eigenvalue weighted by Gasteiger charge is 2.28. The quantitative estimate of drug-likeness (QED) is 0.236. The second-order valence-corrected chi connectivity index (χ2v) is 10.2. The first-order valence-corrected chi connectivity index (χ1v) is 13.2. The number of para-hydroxylation sites is 2. The molecule has 0 saturated carbocycles. The smallest absolute Gasteiger partial charge is 0.273 e. The average molecular weight is 530 g/mol. The molecule has 4 aromatic rings. The summed E-state index contributed by atoms with van der Waals surface area (Å²) in [6.45, 7) is 1.65. The Morgan fingerprint density at radius 3 is 2.13 bits per heavy atom. The molecule has 0 aliphatic rings. The average Bonchev–Trinajstić information content (AvgIpc) is 2.95. The van der Waals surface area contributed by atoms with Crippen LogP contribution in [-0.2, 0) is 16.6 Å². The van der Waals surface area contributed by atoms with Gasteiger partial charge in [0.15, 0.2) is 0 Å². The minimum absolute atomic E-state index is 0.000318. The number of methoxy groups -OCH3 is 1. The number of carbonyl (C=O) groups is 1. The van der Waals surface area contributed by atoms with Gasteiger partial charge in [-0.15, -0.1) is 0 Å². The molecule has 0 atom stereocenters. The number of hydrogen-bond donors (Lipinski definition) is 2. The third-order valence-electron chi connectivity index (χ3n) is 5.85. The Bertz CT molecular complexity index is 1550. The zero-order valence-electron chi connectivity index (χ0n) is 20.9. The molecule has 4 aromatic carbocycles. The second kappa shape index (κ2) is 11.6. The molecule has 0 unspecified atom stereocenters. The fraction of sp³-hybridized carbons (Fsp3) is 0.103. The number of amides is 1. The first-order chi connectivity index (χ1) is 18.3. The third kappa shape index (κ3) is 5.84. The van der Waals surface area contributed by atoms with Crippen molar-refractivity contribution >= 4 is 27.3 Å². The molecule has 0 heterocycles. The predicted molar refractivity (Wildman–Crippen MR) is 147 cm³/mol. The number of carbonyl (C=O) groups excluding carboxylic acids is 1. The van der Waals surface area contributed by atoms with E-state index in [1.54, 1.807) is 55.5 Å². The van der Waals surface area contributed by atoms with Crippen molar-refractivity contribution in [2.45, 2.75) is 18.4 Å². The van der Waals surface area contributed by atoms with Crippen molar-refractivity contribution in [3.63, 3.8) is 0 Å². The lowest BCUT2D eigenvalue weighted by Gasteiger charge is -2.26. The van der Waals surface area contributed by atoms with Gasteiger partial charge in [0.05, 0.1) is 35.5 Å². The van der Waals surface area contributed by atoms with Crippen LogP contribution in [0.25, 0.3) is 0 Å². The SMILES string of the molecule is COc1ccc(S(=O)(=O)N(Cc2ccccc2)c2ccccc2C(=O)N/N=C(\C)c2ccccc2O)cc1. The number of rotatable bonds is 9. The van der Waals surface area contributed by atoms with Crippen LogP contribution < -0.4 is 14.5 Å². The van der Waals surface area contributed by atoms with Crippen LogP contribution >= 0.6 is 0 Å². The van der Waals surface area contributed by atoms with Gasteiger partial charge in [0.25, 0.3) is 15.9 Å². The summed E-state index contributed by atoms with van der Waals surface area (Å²) >= 11 is 0. The molecular weight excluding hydrogens is 502 g/mol. The van der Waals surface area contributed by atoms with Crippen molar-refractivity contribution in [3.05, 3.63) is 120 Å². The van der Waals surface area contributed by atoms with Crippen LogP contribution in [0.15, 0.2) is 113 Å². The number of benzene rings is 4. The highest BCUT2D eigenvalue weighted by molar-refractivity contribution is 7.92. The molecular formula is C29H27N3O5S. The molecule has 0 aliphatic heterocycles. The van der Waals surface area contributed by atoms with Gasteiger partial charge in [-0.05, 0) is 61.0 Å². The highest BCUT2D eigenvalue weighted by Crippen LogP contribution is 2.30. The maximum Gasteiger partial charge on any atom is 0.273 e. The number of aromatic hydroxyl groups is 1. The molecule has 2 N–H and O–H groups in total. The van der Waals surface area contributed by atoms with E-state index in [0.717, 1.165) is 5.56 Å². The summed E-state index contributed by atoms with van der Waals surface area (Å²) in [6, 6.07) is 28.3. The van der Waals surface area contributed by atoms with Crippen LogP contribution in [0, 0.1) is 0 Å². The zero-order valence-corrected chi connectivity index (χ0v) is 21.7. The van der Waals surface area contributed by atoms with Gasteiger partial charge < -0.3 is 9.84 Å². The lowest BCUT2D eigenvalue weighted by atomic mass is 10.1. The first-order valence-electron chi connectivity index (χ1n) is 11.7. The lowest BCUT2D eigenvalue weighted by molar-refractivity contribution is 0.0955. The van der Waals surface area contributed by atoms with Crippen LogP contribution in [0.1, 0.15) is 28.4 Å². The van der Waals surface area contributed by atoms with E-state index in [1.807, 2.05) is 30.3 Å². The Morgan fingerprint density at radius 1 is 0.868 bits per heavy atom. The van der Waals surface area contributed by atoms with E-state index < -0.39 is 15.9 Å². The minimum atomic E-state index is -4.08. The van der Waals surface area contributed by atoms with Crippen LogP contribution in [0.4, 0.5) is 5.69 Å². The normalized spacial score (nSPS) is 11.6. The number of hydrogen-bond acceptors (Lipinski definition) is 6. The number of phenolic OH excluding ortho intramolecular Hbond substituents is 1. The van der Waals surface area contributed by atoms with E-state index in [2.05, 4.69) is 10.5 Å². The van der Waals surface area contributed by atoms with E-state index >= 15 is 0 Å². The van der Waals surface area contributed by atoms with E-state index in [0.29, 0.717) is 17.0 Å². The molecule has 0 saturated heterocycles. The van der Waals surface area contributed by atoms with Crippen molar-refractivity contribution < 1.29 is 23.1 Å². The molecule has 1 amide bonds. The van der Waals surface area contributed by atoms with Crippen molar-refractivity contribution in [3.8, 4) is 11.5 Å². The fourth-order valence-electron chi connectivity index (χ4n) is 3.84. The second-order valence-electron chi connectivity index (χ2n) is 8.35. The summed E-state index contributed by atoms with van der Waals surface area (Å²) in [5.74, 6) is -0.0441. The van der Waals surface area contributed by atoms with Gasteiger partial charge in [0.1, 0.15) is 11.5 Å². The number of ether oxygens (including phenoxy) is 1. The number of anilines is 1. The first kappa shape index (κ1) is 26.4. The van der Waals surface area contributed by atoms with Crippen molar-refractivity contribution in [1.82, 2.24) is 5.43 Å². The van der Waals surface area contributed by atoms with Gasteiger partial charge in [-0.1, -0.05) is 54.6 Å². The van der Waals surface area contributed by atoms with Crippen molar-refractivity contribution in [1.29, 1.82) is 0 Å². The molecule has 194 valence electrons. The van der Waals surface area contributed by atoms with Crippen LogP contribution in [0.2, 0.25) is 0 Å². The van der Waals surface area contributed by atoms with Gasteiger partial charge in [-0.25, -0.2) is 13.8 Å². The molecule has 0 radical (unpaired) electrons. The summed E-state index contributed by atoms with van der Waals surface area (Å²) in [5, 5.41) is 14.2. The Balaban J connectivity index is 1.73. The van der Waals surface area contributed by atoms with E-state index in [9.17, 15) is 18.3 Å². The summed E-state index contributed by atoms with van der Waals surface area (Å²) in [4.78, 5) is 13.3. The van der Waals surface area contributed by atoms with E-state index in [4.69, 9.17) is 4.74 Å². The summed E-state index contributed by atoms with van der Waals surface area (Å²) in [6.07, 6.45) is 0. The maximum absolute atomic E-state index is 13.9. The lowest BCUT2D eigenvalue weighted by Crippen LogP contribution is -2.33. The molecule has 9 heteroatoms. The standard InChI is InChI=1S/C29H27N3O5S/c1-21(25-12-7-9-15-28(25)33)30-31-29(34)26-13-6-8-14-27(26)32(20-22-10-4-3-5-11-22)38(35,36)24-18-16-23(37-2)17-19-24/h3-19,33H,20H2,1-2H3,(H,31,34)/b30-21+. The van der Waals surface area contributed by atoms with Crippen molar-refractivity contribution in [2.24, 2.45) is 5.10 Å². The van der Waals surface area contributed by atoms with Gasteiger partial charge in [-0.2, -0.15) is 5.10 Å². The Hall–Kier alpha value is -4.63. The van der Waals surface area contributed by atoms with E-state index in [1.165, 1.54) is 35.7 Å². The fourth-order valence-corrected chi connectivity index (χ4v) is 5.31. The van der Waals surface area contributed by atoms with Gasteiger partial charge in [-0.3, -0.25) is 9.10 Å². The highest BCUT2D eigenvalue weighted by atomic mass is 32.2. The maximum atomic E-state index is 13.9. The molecule has 0 bridgehead atoms.